The highest BCUT2D eigenvalue weighted by Crippen LogP contribution is 2.20. The molecule has 0 fully saturated rings. The molecule has 0 bridgehead atoms. The molecular weight excluding hydrogens is 443 g/mol. The molecule has 0 aliphatic heterocycles. The minimum Gasteiger partial charge on any atom is -0.487 e. The molecule has 1 unspecified atom stereocenters. The Morgan fingerprint density at radius 1 is 1.28 bits per heavy atom. The van der Waals surface area contributed by atoms with Crippen LogP contribution in [0.25, 0.3) is 0 Å². The lowest BCUT2D eigenvalue weighted by atomic mass is 10.1. The molecule has 3 rings (SSSR count). The van der Waals surface area contributed by atoms with Gasteiger partial charge in [-0.15, -0.1) is 11.3 Å². The van der Waals surface area contributed by atoms with E-state index in [0.29, 0.717) is 12.6 Å². The van der Waals surface area contributed by atoms with Gasteiger partial charge in [0, 0.05) is 35.6 Å². The van der Waals surface area contributed by atoms with Gasteiger partial charge in [0.2, 0.25) is 0 Å². The number of nitrogens with one attached hydrogen (secondary N) is 1. The van der Waals surface area contributed by atoms with Gasteiger partial charge in [0.25, 0.3) is 0 Å². The molecule has 0 amide bonds. The summed E-state index contributed by atoms with van der Waals surface area (Å²) in [5.74, 6) is -1.90. The van der Waals surface area contributed by atoms with E-state index in [-0.39, 0.29) is 0 Å². The van der Waals surface area contributed by atoms with Gasteiger partial charge in [0.1, 0.15) is 12.4 Å². The van der Waals surface area contributed by atoms with Crippen LogP contribution in [0.2, 0.25) is 0 Å². The number of carboxylic acid groups (broad SMARTS) is 1. The quantitative estimate of drug-likeness (QED) is 0.428. The van der Waals surface area contributed by atoms with E-state index in [0.717, 1.165) is 36.4 Å². The standard InChI is InChI=1S/C20H23N3OS.C2HF3O2/c1-16(5-2-6-17-7-4-10-21-12-17)23-18-8-3-9-20(11-18)24-13-19-14-25-15-22-19;3-2(4,5)1(6)7/h3-4,7-12,14-16,23H,2,5-6,13H2,1H3;(H,6,7). The number of anilines is 1. The van der Waals surface area contributed by atoms with E-state index in [2.05, 4.69) is 34.3 Å². The summed E-state index contributed by atoms with van der Waals surface area (Å²) in [6, 6.07) is 12.6. The van der Waals surface area contributed by atoms with Crippen molar-refractivity contribution in [2.75, 3.05) is 5.32 Å². The molecule has 0 saturated carbocycles. The van der Waals surface area contributed by atoms with Gasteiger partial charge < -0.3 is 15.2 Å². The largest absolute Gasteiger partial charge is 0.490 e. The van der Waals surface area contributed by atoms with Crippen LogP contribution < -0.4 is 10.1 Å². The van der Waals surface area contributed by atoms with E-state index >= 15 is 0 Å². The number of hydrogen-bond donors (Lipinski definition) is 2. The molecule has 3 aromatic rings. The highest BCUT2D eigenvalue weighted by Gasteiger charge is 2.38. The number of aromatic nitrogens is 2. The monoisotopic (exact) mass is 467 g/mol. The normalized spacial score (nSPS) is 11.8. The van der Waals surface area contributed by atoms with E-state index in [4.69, 9.17) is 14.6 Å². The predicted octanol–water partition coefficient (Wildman–Crippen LogP) is 5.57. The molecule has 2 heterocycles. The smallest absolute Gasteiger partial charge is 0.487 e. The van der Waals surface area contributed by atoms with Crippen molar-refractivity contribution in [1.82, 2.24) is 9.97 Å². The van der Waals surface area contributed by atoms with Crippen molar-refractivity contribution in [3.63, 3.8) is 0 Å². The lowest BCUT2D eigenvalue weighted by molar-refractivity contribution is -0.192. The van der Waals surface area contributed by atoms with Crippen LogP contribution in [-0.4, -0.2) is 33.3 Å². The summed E-state index contributed by atoms with van der Waals surface area (Å²) in [6.07, 6.45) is 1.99. The average molecular weight is 468 g/mol. The fourth-order valence-electron chi connectivity index (χ4n) is 2.66. The Hall–Kier alpha value is -3.14. The zero-order valence-electron chi connectivity index (χ0n) is 17.4. The summed E-state index contributed by atoms with van der Waals surface area (Å²) < 4.78 is 37.5. The van der Waals surface area contributed by atoms with Crippen molar-refractivity contribution in [3.8, 4) is 5.75 Å². The minimum absolute atomic E-state index is 0.408. The van der Waals surface area contributed by atoms with Crippen molar-refractivity contribution in [2.24, 2.45) is 0 Å². The summed E-state index contributed by atoms with van der Waals surface area (Å²) >= 11 is 1.58. The summed E-state index contributed by atoms with van der Waals surface area (Å²) in [5, 5.41) is 12.7. The Labute approximate surface area is 188 Å². The summed E-state index contributed by atoms with van der Waals surface area (Å²) in [4.78, 5) is 17.3. The van der Waals surface area contributed by atoms with Gasteiger partial charge in [-0.3, -0.25) is 4.98 Å². The molecule has 172 valence electrons. The lowest BCUT2D eigenvalue weighted by Gasteiger charge is -2.16. The number of nitrogens with zero attached hydrogens (tertiary/aromatic N) is 2. The Morgan fingerprint density at radius 3 is 2.69 bits per heavy atom. The minimum atomic E-state index is -5.08. The predicted molar refractivity (Wildman–Crippen MR) is 117 cm³/mol. The first kappa shape index (κ1) is 25.1. The van der Waals surface area contributed by atoms with E-state index < -0.39 is 12.1 Å². The van der Waals surface area contributed by atoms with Crippen molar-refractivity contribution in [2.45, 2.75) is 45.0 Å². The molecule has 0 aliphatic carbocycles. The van der Waals surface area contributed by atoms with Gasteiger partial charge in [0.05, 0.1) is 11.2 Å². The lowest BCUT2D eigenvalue weighted by Crippen LogP contribution is -2.21. The Bertz CT molecular complexity index is 938. The van der Waals surface area contributed by atoms with Crippen molar-refractivity contribution in [3.05, 3.63) is 70.9 Å². The zero-order chi connectivity index (χ0) is 23.4. The van der Waals surface area contributed by atoms with Gasteiger partial charge >= 0.3 is 12.1 Å². The molecule has 2 aromatic heterocycles. The fraction of sp³-hybridized carbons (Fsp3) is 0.318. The number of thiazole rings is 1. The van der Waals surface area contributed by atoms with Gasteiger partial charge in [0.15, 0.2) is 0 Å². The second kappa shape index (κ2) is 12.7. The van der Waals surface area contributed by atoms with Crippen LogP contribution in [0, 0.1) is 0 Å². The van der Waals surface area contributed by atoms with Gasteiger partial charge in [-0.05, 0) is 49.9 Å². The average Bonchev–Trinajstić information content (AvgIpc) is 3.27. The highest BCUT2D eigenvalue weighted by atomic mass is 32.1. The third-order valence-corrected chi connectivity index (χ3v) is 4.82. The van der Waals surface area contributed by atoms with E-state index in [1.165, 1.54) is 5.56 Å². The van der Waals surface area contributed by atoms with Gasteiger partial charge in [-0.2, -0.15) is 13.2 Å². The maximum atomic E-state index is 10.6. The van der Waals surface area contributed by atoms with Crippen molar-refractivity contribution in [1.29, 1.82) is 0 Å². The van der Waals surface area contributed by atoms with Crippen LogP contribution in [0.4, 0.5) is 18.9 Å². The van der Waals surface area contributed by atoms with E-state index in [9.17, 15) is 13.2 Å². The Balaban J connectivity index is 0.000000451. The van der Waals surface area contributed by atoms with Crippen LogP contribution >= 0.6 is 11.3 Å². The van der Waals surface area contributed by atoms with Crippen molar-refractivity contribution >= 4 is 23.0 Å². The molecule has 1 atom stereocenters. The summed E-state index contributed by atoms with van der Waals surface area (Å²) in [5.41, 5.74) is 5.17. The number of carboxylic acids is 1. The third kappa shape index (κ3) is 9.78. The molecular formula is C22H24F3N3O3S. The van der Waals surface area contributed by atoms with Crippen LogP contribution in [-0.2, 0) is 17.8 Å². The number of pyridine rings is 1. The number of halogens is 3. The Morgan fingerprint density at radius 2 is 2.06 bits per heavy atom. The molecule has 1 aromatic carbocycles. The van der Waals surface area contributed by atoms with E-state index in [1.54, 1.807) is 11.3 Å². The van der Waals surface area contributed by atoms with Crippen molar-refractivity contribution < 1.29 is 27.8 Å². The van der Waals surface area contributed by atoms with Crippen LogP contribution in [0.5, 0.6) is 5.75 Å². The number of hydrogen-bond acceptors (Lipinski definition) is 6. The SMILES string of the molecule is CC(CCCc1cccnc1)Nc1cccc(OCc2cscn2)c1.O=C(O)C(F)(F)F. The first-order chi connectivity index (χ1) is 15.2. The third-order valence-electron chi connectivity index (χ3n) is 4.19. The second-order valence-corrected chi connectivity index (χ2v) is 7.62. The molecule has 2 N–H and O–H groups in total. The van der Waals surface area contributed by atoms with E-state index in [1.807, 2.05) is 47.5 Å². The second-order valence-electron chi connectivity index (χ2n) is 6.90. The molecule has 0 aliphatic rings. The maximum Gasteiger partial charge on any atom is 0.490 e. The van der Waals surface area contributed by atoms with Crippen LogP contribution in [0.15, 0.2) is 59.7 Å². The number of carbonyl (C=O) groups is 1. The van der Waals surface area contributed by atoms with Gasteiger partial charge in [-0.1, -0.05) is 12.1 Å². The number of rotatable bonds is 9. The van der Waals surface area contributed by atoms with Crippen LogP contribution in [0.1, 0.15) is 31.0 Å². The van der Waals surface area contributed by atoms with Gasteiger partial charge in [-0.25, -0.2) is 9.78 Å². The molecule has 10 heteroatoms. The Kier molecular flexibility index (Phi) is 9.93. The number of benzene rings is 1. The fourth-order valence-corrected chi connectivity index (χ4v) is 3.20. The molecule has 0 spiro atoms. The molecule has 0 radical (unpaired) electrons. The first-order valence-corrected chi connectivity index (χ1v) is 10.7. The topological polar surface area (TPSA) is 84.3 Å². The maximum absolute atomic E-state index is 10.6. The molecule has 32 heavy (non-hydrogen) atoms. The summed E-state index contributed by atoms with van der Waals surface area (Å²) in [6.45, 7) is 2.72. The first-order valence-electron chi connectivity index (χ1n) is 9.79. The summed E-state index contributed by atoms with van der Waals surface area (Å²) in [7, 11) is 0. The number of alkyl halides is 3. The number of aryl methyl sites for hydroxylation is 1. The highest BCUT2D eigenvalue weighted by molar-refractivity contribution is 7.07. The zero-order valence-corrected chi connectivity index (χ0v) is 18.2. The van der Waals surface area contributed by atoms with Crippen LogP contribution in [0.3, 0.4) is 0 Å². The molecule has 6 nitrogen and oxygen atoms in total. The molecule has 0 saturated heterocycles. The number of ether oxygens (including phenoxy) is 1. The number of aliphatic carboxylic acids is 1.